The van der Waals surface area contributed by atoms with E-state index in [0.29, 0.717) is 10.8 Å². The highest BCUT2D eigenvalue weighted by Gasteiger charge is 2.32. The summed E-state index contributed by atoms with van der Waals surface area (Å²) in [4.78, 5) is 35.9. The number of carbonyl (C=O) groups excluding carboxylic acids is 3. The Hall–Kier alpha value is -1.64. The topological polar surface area (TPSA) is 88.1 Å². The fourth-order valence-corrected chi connectivity index (χ4v) is 2.62. The Bertz CT molecular complexity index is 669. The molecule has 2 unspecified atom stereocenters. The summed E-state index contributed by atoms with van der Waals surface area (Å²) in [5.74, 6) is -1.25. The van der Waals surface area contributed by atoms with Crippen molar-refractivity contribution in [3.63, 3.8) is 0 Å². The zero-order valence-electron chi connectivity index (χ0n) is 15.0. The predicted octanol–water partition coefficient (Wildman–Crippen LogP) is 4.47. The third-order valence-corrected chi connectivity index (χ3v) is 4.12. The lowest BCUT2D eigenvalue weighted by Gasteiger charge is -2.21. The Morgan fingerprint density at radius 3 is 2.33 bits per heavy atom. The number of hydrogen-bond donors (Lipinski definition) is 0. The Morgan fingerprint density at radius 1 is 1.07 bits per heavy atom. The molecular weight excluding hydrogens is 419 g/mol. The Balaban J connectivity index is 2.85. The molecule has 1 aromatic rings. The summed E-state index contributed by atoms with van der Waals surface area (Å²) in [6.45, 7) is 5.00. The van der Waals surface area contributed by atoms with Gasteiger partial charge in [-0.25, -0.2) is 14.4 Å². The predicted molar refractivity (Wildman–Crippen MR) is 102 cm³/mol. The maximum atomic E-state index is 12.4. The van der Waals surface area contributed by atoms with Crippen molar-refractivity contribution in [2.75, 3.05) is 12.4 Å². The number of carbonyl (C=O) groups is 3. The van der Waals surface area contributed by atoms with Crippen molar-refractivity contribution in [2.24, 2.45) is 0 Å². The summed E-state index contributed by atoms with van der Waals surface area (Å²) in [6.07, 6.45) is -2.69. The van der Waals surface area contributed by atoms with E-state index >= 15 is 0 Å². The van der Waals surface area contributed by atoms with Gasteiger partial charge in [-0.2, -0.15) is 0 Å². The molecule has 0 spiro atoms. The average molecular weight is 439 g/mol. The number of ether oxygens (including phenoxy) is 4. The van der Waals surface area contributed by atoms with E-state index < -0.39 is 29.6 Å². The van der Waals surface area contributed by atoms with Crippen LogP contribution in [0.3, 0.4) is 0 Å². The standard InChI is InChI=1S/C17H20Cl2O7S/c1-4-12(24-13-8-7-10(18)9-11(13)19)14(20)25-16(15(21)23-5-2)26-17(22)27-6-3/h7-9,12,16H,4-6H2,1-3H3. The molecule has 0 amide bonds. The van der Waals surface area contributed by atoms with Crippen molar-refractivity contribution in [1.82, 2.24) is 0 Å². The second kappa shape index (κ2) is 11.9. The first kappa shape index (κ1) is 23.4. The van der Waals surface area contributed by atoms with E-state index in [9.17, 15) is 14.4 Å². The molecule has 1 rings (SSSR count). The van der Waals surface area contributed by atoms with Gasteiger partial charge in [-0.15, -0.1) is 0 Å². The van der Waals surface area contributed by atoms with Gasteiger partial charge in [0.15, 0.2) is 6.10 Å². The lowest BCUT2D eigenvalue weighted by molar-refractivity contribution is -0.193. The highest BCUT2D eigenvalue weighted by Crippen LogP contribution is 2.29. The van der Waals surface area contributed by atoms with Crippen LogP contribution in [0.2, 0.25) is 10.0 Å². The van der Waals surface area contributed by atoms with Crippen LogP contribution in [0.4, 0.5) is 4.79 Å². The molecule has 10 heteroatoms. The normalized spacial score (nSPS) is 12.6. The summed E-state index contributed by atoms with van der Waals surface area (Å²) in [6, 6.07) is 4.51. The van der Waals surface area contributed by atoms with Crippen LogP contribution >= 0.6 is 35.0 Å². The van der Waals surface area contributed by atoms with Gasteiger partial charge in [-0.05, 0) is 43.3 Å². The van der Waals surface area contributed by atoms with Gasteiger partial charge in [-0.3, -0.25) is 0 Å². The van der Waals surface area contributed by atoms with Crippen LogP contribution in [0.1, 0.15) is 27.2 Å². The molecule has 0 fully saturated rings. The minimum Gasteiger partial charge on any atom is -0.477 e. The fraction of sp³-hybridized carbons (Fsp3) is 0.471. The Kier molecular flexibility index (Phi) is 10.4. The fourth-order valence-electron chi connectivity index (χ4n) is 1.77. The molecule has 1 aromatic carbocycles. The van der Waals surface area contributed by atoms with Crippen LogP contribution < -0.4 is 4.74 Å². The van der Waals surface area contributed by atoms with Gasteiger partial charge >= 0.3 is 23.5 Å². The van der Waals surface area contributed by atoms with E-state index in [2.05, 4.69) is 0 Å². The zero-order chi connectivity index (χ0) is 20.4. The molecule has 0 bridgehead atoms. The molecule has 0 saturated carbocycles. The SMILES string of the molecule is CCOC(=O)C(OC(=O)SCC)OC(=O)C(CC)Oc1ccc(Cl)cc1Cl. The van der Waals surface area contributed by atoms with E-state index in [1.165, 1.54) is 12.1 Å². The van der Waals surface area contributed by atoms with Crippen molar-refractivity contribution >= 4 is 52.2 Å². The molecule has 0 aliphatic heterocycles. The number of hydrogen-bond acceptors (Lipinski definition) is 8. The third-order valence-electron chi connectivity index (χ3n) is 2.96. The van der Waals surface area contributed by atoms with Gasteiger partial charge in [-0.1, -0.05) is 37.0 Å². The molecule has 27 heavy (non-hydrogen) atoms. The van der Waals surface area contributed by atoms with Crippen molar-refractivity contribution in [3.8, 4) is 5.75 Å². The smallest absolute Gasteiger partial charge is 0.389 e. The van der Waals surface area contributed by atoms with Crippen LogP contribution in [0.15, 0.2) is 18.2 Å². The first-order valence-corrected chi connectivity index (χ1v) is 9.88. The molecule has 150 valence electrons. The van der Waals surface area contributed by atoms with Crippen molar-refractivity contribution < 1.29 is 33.3 Å². The number of halogens is 2. The minimum absolute atomic E-state index is 0.0272. The van der Waals surface area contributed by atoms with E-state index in [0.717, 1.165) is 11.8 Å². The van der Waals surface area contributed by atoms with Crippen molar-refractivity contribution in [1.29, 1.82) is 0 Å². The number of rotatable bonds is 9. The van der Waals surface area contributed by atoms with Gasteiger partial charge in [0.05, 0.1) is 11.6 Å². The Labute approximate surface area is 171 Å². The van der Waals surface area contributed by atoms with Gasteiger partial charge in [0.1, 0.15) is 5.75 Å². The summed E-state index contributed by atoms with van der Waals surface area (Å²) < 4.78 is 20.2. The lowest BCUT2D eigenvalue weighted by Crippen LogP contribution is -2.38. The highest BCUT2D eigenvalue weighted by molar-refractivity contribution is 8.13. The number of benzene rings is 1. The van der Waals surface area contributed by atoms with Gasteiger partial charge in [0.2, 0.25) is 0 Å². The second-order valence-corrected chi connectivity index (χ2v) is 6.95. The molecule has 0 saturated heterocycles. The van der Waals surface area contributed by atoms with E-state index in [4.69, 9.17) is 42.1 Å². The van der Waals surface area contributed by atoms with Crippen LogP contribution in [0.5, 0.6) is 5.75 Å². The molecule has 7 nitrogen and oxygen atoms in total. The molecule has 0 radical (unpaired) electrons. The van der Waals surface area contributed by atoms with E-state index in [1.807, 2.05) is 0 Å². The first-order chi connectivity index (χ1) is 12.8. The first-order valence-electron chi connectivity index (χ1n) is 8.14. The summed E-state index contributed by atoms with van der Waals surface area (Å²) in [7, 11) is 0. The van der Waals surface area contributed by atoms with Gasteiger partial charge in [0, 0.05) is 10.8 Å². The minimum atomic E-state index is -1.82. The van der Waals surface area contributed by atoms with Gasteiger partial charge < -0.3 is 18.9 Å². The molecule has 0 aromatic heterocycles. The van der Waals surface area contributed by atoms with Gasteiger partial charge in [0.25, 0.3) is 0 Å². The van der Waals surface area contributed by atoms with Crippen LogP contribution in [0.25, 0.3) is 0 Å². The average Bonchev–Trinajstić information content (AvgIpc) is 2.60. The summed E-state index contributed by atoms with van der Waals surface area (Å²) in [5, 5.41) is -0.148. The lowest BCUT2D eigenvalue weighted by atomic mass is 10.2. The van der Waals surface area contributed by atoms with Crippen molar-refractivity contribution in [2.45, 2.75) is 39.6 Å². The second-order valence-electron chi connectivity index (χ2n) is 4.91. The maximum Gasteiger partial charge on any atom is 0.389 e. The summed E-state index contributed by atoms with van der Waals surface area (Å²) in [5.41, 5.74) is 0. The van der Waals surface area contributed by atoms with E-state index in [1.54, 1.807) is 26.8 Å². The molecule has 2 atom stereocenters. The Morgan fingerprint density at radius 2 is 1.78 bits per heavy atom. The number of esters is 2. The largest absolute Gasteiger partial charge is 0.477 e. The third kappa shape index (κ3) is 7.86. The molecule has 0 aliphatic rings. The zero-order valence-corrected chi connectivity index (χ0v) is 17.4. The van der Waals surface area contributed by atoms with Crippen LogP contribution in [-0.4, -0.2) is 42.0 Å². The van der Waals surface area contributed by atoms with Crippen molar-refractivity contribution in [3.05, 3.63) is 28.2 Å². The summed E-state index contributed by atoms with van der Waals surface area (Å²) >= 11 is 12.7. The highest BCUT2D eigenvalue weighted by atomic mass is 35.5. The van der Waals surface area contributed by atoms with Crippen LogP contribution in [0, 0.1) is 0 Å². The quantitative estimate of drug-likeness (QED) is 0.411. The maximum absolute atomic E-state index is 12.4. The molecular formula is C17H20Cl2O7S. The monoisotopic (exact) mass is 438 g/mol. The van der Waals surface area contributed by atoms with E-state index in [-0.39, 0.29) is 23.8 Å². The number of thioether (sulfide) groups is 1. The molecule has 0 aliphatic carbocycles. The molecule has 0 heterocycles. The molecule has 0 N–H and O–H groups in total. The van der Waals surface area contributed by atoms with Crippen LogP contribution in [-0.2, 0) is 23.8 Å².